The monoisotopic (exact) mass is 275 g/mol. The molecule has 0 aliphatic heterocycles. The number of aromatic nitrogens is 2. The second kappa shape index (κ2) is 5.86. The third-order valence-electron chi connectivity index (χ3n) is 3.43. The molecule has 0 spiro atoms. The van der Waals surface area contributed by atoms with Gasteiger partial charge < -0.3 is 5.32 Å². The molecule has 0 atom stereocenters. The van der Waals surface area contributed by atoms with Crippen LogP contribution in [0.4, 0.5) is 4.39 Å². The van der Waals surface area contributed by atoms with Crippen molar-refractivity contribution in [3.63, 3.8) is 0 Å². The zero-order valence-electron chi connectivity index (χ0n) is 11.9. The molecule has 2 rings (SSSR count). The van der Waals surface area contributed by atoms with Crippen molar-refractivity contribution in [2.24, 2.45) is 7.05 Å². The zero-order chi connectivity index (χ0) is 14.7. The van der Waals surface area contributed by atoms with Crippen LogP contribution in [0.15, 0.2) is 24.3 Å². The Labute approximate surface area is 117 Å². The smallest absolute Gasteiger partial charge is 0.224 e. The van der Waals surface area contributed by atoms with E-state index < -0.39 is 0 Å². The maximum Gasteiger partial charge on any atom is 0.224 e. The molecule has 0 aliphatic rings. The lowest BCUT2D eigenvalue weighted by Crippen LogP contribution is -2.25. The second-order valence-corrected chi connectivity index (χ2v) is 4.82. The second-order valence-electron chi connectivity index (χ2n) is 4.82. The average molecular weight is 275 g/mol. The Kier molecular flexibility index (Phi) is 4.17. The number of halogens is 1. The van der Waals surface area contributed by atoms with Crippen LogP contribution in [0, 0.1) is 19.7 Å². The molecule has 20 heavy (non-hydrogen) atoms. The minimum Gasteiger partial charge on any atom is -0.352 e. The van der Waals surface area contributed by atoms with Crippen LogP contribution in [-0.2, 0) is 24.8 Å². The van der Waals surface area contributed by atoms with Crippen LogP contribution in [0.3, 0.4) is 0 Å². The number of carbonyl (C=O) groups excluding carboxylic acids is 1. The highest BCUT2D eigenvalue weighted by atomic mass is 19.1. The molecule has 5 heteroatoms. The van der Waals surface area contributed by atoms with E-state index in [0.29, 0.717) is 12.1 Å². The third-order valence-corrected chi connectivity index (χ3v) is 3.43. The Bertz CT molecular complexity index is 634. The summed E-state index contributed by atoms with van der Waals surface area (Å²) in [6, 6.07) is 6.31. The average Bonchev–Trinajstić information content (AvgIpc) is 2.64. The molecular weight excluding hydrogens is 257 g/mol. The first-order valence-corrected chi connectivity index (χ1v) is 6.48. The van der Waals surface area contributed by atoms with E-state index in [1.165, 1.54) is 6.07 Å². The SMILES string of the molecule is Cc1nn(C)c(C)c1CNC(=O)Cc1ccccc1F. The largest absolute Gasteiger partial charge is 0.352 e. The highest BCUT2D eigenvalue weighted by Gasteiger charge is 2.12. The molecule has 0 bridgehead atoms. The van der Waals surface area contributed by atoms with Crippen molar-refractivity contribution in [2.75, 3.05) is 0 Å². The van der Waals surface area contributed by atoms with Crippen molar-refractivity contribution in [3.8, 4) is 0 Å². The van der Waals surface area contributed by atoms with Crippen molar-refractivity contribution in [3.05, 3.63) is 52.6 Å². The number of carbonyl (C=O) groups is 1. The Morgan fingerprint density at radius 3 is 2.65 bits per heavy atom. The Hall–Kier alpha value is -2.17. The summed E-state index contributed by atoms with van der Waals surface area (Å²) in [5, 5.41) is 7.10. The number of benzene rings is 1. The molecule has 106 valence electrons. The number of rotatable bonds is 4. The first kappa shape index (κ1) is 14.2. The first-order chi connectivity index (χ1) is 9.49. The van der Waals surface area contributed by atoms with Gasteiger partial charge in [-0.1, -0.05) is 18.2 Å². The van der Waals surface area contributed by atoms with E-state index in [4.69, 9.17) is 0 Å². The standard InChI is InChI=1S/C15H18FN3O/c1-10-13(11(2)19(3)18-10)9-17-15(20)8-12-6-4-5-7-14(12)16/h4-7H,8-9H2,1-3H3,(H,17,20). The fourth-order valence-electron chi connectivity index (χ4n) is 2.14. The zero-order valence-corrected chi connectivity index (χ0v) is 11.9. The highest BCUT2D eigenvalue weighted by Crippen LogP contribution is 2.12. The lowest BCUT2D eigenvalue weighted by molar-refractivity contribution is -0.120. The summed E-state index contributed by atoms with van der Waals surface area (Å²) < 4.78 is 15.2. The van der Waals surface area contributed by atoms with E-state index in [1.54, 1.807) is 22.9 Å². The van der Waals surface area contributed by atoms with E-state index >= 15 is 0 Å². The van der Waals surface area contributed by atoms with Crippen molar-refractivity contribution in [1.82, 2.24) is 15.1 Å². The fraction of sp³-hybridized carbons (Fsp3) is 0.333. The lowest BCUT2D eigenvalue weighted by Gasteiger charge is -2.06. The molecule has 0 saturated carbocycles. The van der Waals surface area contributed by atoms with Gasteiger partial charge in [0.05, 0.1) is 12.1 Å². The van der Waals surface area contributed by atoms with E-state index in [9.17, 15) is 9.18 Å². The van der Waals surface area contributed by atoms with Gasteiger partial charge in [-0.05, 0) is 25.5 Å². The van der Waals surface area contributed by atoms with Gasteiger partial charge in [0, 0.05) is 24.8 Å². The van der Waals surface area contributed by atoms with Crippen molar-refractivity contribution < 1.29 is 9.18 Å². The number of hydrogen-bond acceptors (Lipinski definition) is 2. The number of amides is 1. The lowest BCUT2D eigenvalue weighted by atomic mass is 10.1. The third kappa shape index (κ3) is 3.04. The minimum atomic E-state index is -0.351. The van der Waals surface area contributed by atoms with Crippen LogP contribution in [0.2, 0.25) is 0 Å². The molecule has 1 heterocycles. The quantitative estimate of drug-likeness (QED) is 0.928. The minimum absolute atomic E-state index is 0.0467. The molecule has 0 fully saturated rings. The van der Waals surface area contributed by atoms with Crippen molar-refractivity contribution in [2.45, 2.75) is 26.8 Å². The summed E-state index contributed by atoms with van der Waals surface area (Å²) in [4.78, 5) is 11.9. The Morgan fingerprint density at radius 1 is 1.35 bits per heavy atom. The summed E-state index contributed by atoms with van der Waals surface area (Å²) in [7, 11) is 1.87. The first-order valence-electron chi connectivity index (χ1n) is 6.48. The highest BCUT2D eigenvalue weighted by molar-refractivity contribution is 5.78. The van der Waals surface area contributed by atoms with E-state index in [2.05, 4.69) is 10.4 Å². The van der Waals surface area contributed by atoms with Crippen LogP contribution in [0.25, 0.3) is 0 Å². The number of hydrogen-bond donors (Lipinski definition) is 1. The summed E-state index contributed by atoms with van der Waals surface area (Å²) >= 11 is 0. The van der Waals surface area contributed by atoms with E-state index in [1.807, 2.05) is 20.9 Å². The molecule has 0 saturated heterocycles. The molecule has 0 aliphatic carbocycles. The van der Waals surface area contributed by atoms with Gasteiger partial charge in [-0.3, -0.25) is 9.48 Å². The van der Waals surface area contributed by atoms with Gasteiger partial charge in [-0.15, -0.1) is 0 Å². The van der Waals surface area contributed by atoms with E-state index in [-0.39, 0.29) is 18.1 Å². The normalized spacial score (nSPS) is 10.6. The van der Waals surface area contributed by atoms with Gasteiger partial charge in [0.15, 0.2) is 0 Å². The Balaban J connectivity index is 1.98. The van der Waals surface area contributed by atoms with Crippen LogP contribution >= 0.6 is 0 Å². The van der Waals surface area contributed by atoms with Crippen molar-refractivity contribution in [1.29, 1.82) is 0 Å². The Morgan fingerprint density at radius 2 is 2.05 bits per heavy atom. The van der Waals surface area contributed by atoms with Crippen LogP contribution in [0.5, 0.6) is 0 Å². The van der Waals surface area contributed by atoms with Crippen LogP contribution < -0.4 is 5.32 Å². The number of aryl methyl sites for hydroxylation is 2. The summed E-state index contributed by atoms with van der Waals surface area (Å²) in [5.41, 5.74) is 3.34. The summed E-state index contributed by atoms with van der Waals surface area (Å²) in [6.45, 7) is 4.28. The topological polar surface area (TPSA) is 46.9 Å². The molecule has 0 radical (unpaired) electrons. The molecule has 1 aromatic heterocycles. The van der Waals surface area contributed by atoms with Gasteiger partial charge >= 0.3 is 0 Å². The van der Waals surface area contributed by atoms with Gasteiger partial charge in [-0.25, -0.2) is 4.39 Å². The molecule has 0 unspecified atom stereocenters. The number of nitrogens with one attached hydrogen (secondary N) is 1. The number of nitrogens with zero attached hydrogens (tertiary/aromatic N) is 2. The molecular formula is C15H18FN3O. The predicted octanol–water partition coefficient (Wildman–Crippen LogP) is 2.03. The van der Waals surface area contributed by atoms with Gasteiger partial charge in [-0.2, -0.15) is 5.10 Å². The molecule has 1 N–H and O–H groups in total. The maximum absolute atomic E-state index is 13.5. The maximum atomic E-state index is 13.5. The molecule has 2 aromatic rings. The predicted molar refractivity (Wildman–Crippen MR) is 74.6 cm³/mol. The van der Waals surface area contributed by atoms with Gasteiger partial charge in [0.1, 0.15) is 5.82 Å². The molecule has 1 amide bonds. The summed E-state index contributed by atoms with van der Waals surface area (Å²) in [6.07, 6.45) is 0.0467. The summed E-state index contributed by atoms with van der Waals surface area (Å²) in [5.74, 6) is -0.547. The van der Waals surface area contributed by atoms with E-state index in [0.717, 1.165) is 17.0 Å². The molecule has 4 nitrogen and oxygen atoms in total. The molecule has 1 aromatic carbocycles. The fourth-order valence-corrected chi connectivity index (χ4v) is 2.14. The van der Waals surface area contributed by atoms with Gasteiger partial charge in [0.25, 0.3) is 0 Å². The van der Waals surface area contributed by atoms with Crippen LogP contribution in [0.1, 0.15) is 22.5 Å². The van der Waals surface area contributed by atoms with Crippen LogP contribution in [-0.4, -0.2) is 15.7 Å². The van der Waals surface area contributed by atoms with Gasteiger partial charge in [0.2, 0.25) is 5.91 Å². The van der Waals surface area contributed by atoms with Crippen molar-refractivity contribution >= 4 is 5.91 Å².